The van der Waals surface area contributed by atoms with E-state index in [1.165, 1.54) is 53.0 Å². The first kappa shape index (κ1) is 36.0. The minimum absolute atomic E-state index is 0. The van der Waals surface area contributed by atoms with Gasteiger partial charge in [-0.05, 0) is 37.1 Å². The Kier molecular flexibility index (Phi) is 11.4. The van der Waals surface area contributed by atoms with Gasteiger partial charge in [0.15, 0.2) is 0 Å². The van der Waals surface area contributed by atoms with E-state index in [2.05, 4.69) is 26.0 Å². The van der Waals surface area contributed by atoms with Crippen molar-refractivity contribution in [2.45, 2.75) is 37.3 Å². The van der Waals surface area contributed by atoms with Gasteiger partial charge < -0.3 is 41.3 Å². The first-order valence-electron chi connectivity index (χ1n) is 13.7. The van der Waals surface area contributed by atoms with Crippen LogP contribution in [0.5, 0.6) is 11.6 Å². The maximum absolute atomic E-state index is 13.9. The number of thioether (sulfide) groups is 2. The quantitative estimate of drug-likeness (QED) is 0.0995. The molecule has 3 aliphatic rings. The minimum atomic E-state index is -1.57. The number of β-lactam (4-membered cyclic amide) rings is 1. The number of rotatable bonds is 11. The van der Waals surface area contributed by atoms with E-state index < -0.39 is 47.2 Å². The van der Waals surface area contributed by atoms with E-state index in [1.54, 1.807) is 13.2 Å². The predicted molar refractivity (Wildman–Crippen MR) is 165 cm³/mol. The number of phenolic OH excluding ortho intramolecular Hbond substituents is 1. The molecular formula is C27H30N9NaO8S2. The predicted octanol–water partition coefficient (Wildman–Crippen LogP) is -3.34. The molecule has 5 rings (SSSR count). The number of urea groups is 1. The van der Waals surface area contributed by atoms with E-state index in [0.29, 0.717) is 10.7 Å². The number of nitrogens with one attached hydrogen (secondary N) is 3. The van der Waals surface area contributed by atoms with Crippen LogP contribution in [0.1, 0.15) is 25.5 Å². The molecule has 2 unspecified atom stereocenters. The van der Waals surface area contributed by atoms with E-state index in [1.807, 2.05) is 13.8 Å². The van der Waals surface area contributed by atoms with Crippen LogP contribution in [-0.4, -0.2) is 90.1 Å². The maximum Gasteiger partial charge on any atom is 1.00 e. The molecule has 0 bridgehead atoms. The molecule has 17 nitrogen and oxygen atoms in total. The number of hydrogen-bond donors (Lipinski definition) is 6. The summed E-state index contributed by atoms with van der Waals surface area (Å²) in [6.45, 7) is 3.65. The molecule has 47 heavy (non-hydrogen) atoms. The SMILES string of the molecule is CC(C)Nc1ncc(N(C(N)=O)C(C(=O)NC2C(=O)N3C(C(=O)[O-])=C(CSC4=CNN(C)O4)CS[C@H]23)c2ccc(O)cc2)c(O)n1.[Na+]. The second kappa shape index (κ2) is 14.9. The molecule has 0 radical (unpaired) electrons. The second-order valence-corrected chi connectivity index (χ2v) is 12.6. The van der Waals surface area contributed by atoms with Gasteiger partial charge in [0.05, 0.1) is 24.1 Å². The Morgan fingerprint density at radius 2 is 1.98 bits per heavy atom. The summed E-state index contributed by atoms with van der Waals surface area (Å²) in [7, 11) is 1.65. The Bertz CT molecular complexity index is 1630. The normalized spacial score (nSPS) is 19.4. The summed E-state index contributed by atoms with van der Waals surface area (Å²) in [5.41, 5.74) is 8.56. The molecule has 2 aromatic rings. The smallest absolute Gasteiger partial charge is 0.543 e. The Balaban J connectivity index is 0.00000500. The van der Waals surface area contributed by atoms with Crippen molar-refractivity contribution in [3.05, 3.63) is 58.6 Å². The van der Waals surface area contributed by atoms with Gasteiger partial charge in [0.1, 0.15) is 28.9 Å². The van der Waals surface area contributed by atoms with Crippen LogP contribution < -0.4 is 61.4 Å². The van der Waals surface area contributed by atoms with Crippen molar-refractivity contribution in [3.63, 3.8) is 0 Å². The molecule has 1 fully saturated rings. The summed E-state index contributed by atoms with van der Waals surface area (Å²) in [6.07, 6.45) is 2.72. The molecule has 4 amide bonds. The number of phenols is 1. The zero-order valence-corrected chi connectivity index (χ0v) is 29.3. The molecule has 0 aliphatic carbocycles. The van der Waals surface area contributed by atoms with E-state index >= 15 is 0 Å². The van der Waals surface area contributed by atoms with Crippen LogP contribution in [-0.2, 0) is 19.2 Å². The topological polar surface area (TPSA) is 239 Å². The molecule has 3 aliphatic heterocycles. The molecule has 0 saturated carbocycles. The standard InChI is InChI=1S/C27H31N9O8S2.Na/c1-12(2)31-27-29-8-16(21(38)33-27)35(26(28)43)19(13-4-6-15(37)7-5-13)22(39)32-18-23(40)36-20(25(41)42)14(11-46-24(18)36)10-45-17-9-30-34(3)44-17;/h4-9,12,18-19,24,30,37H,10-11H2,1-3H3,(H2,28,43)(H,32,39)(H,41,42)(H2,29,31,33,38);/q;+1/p-1/t18?,19?,24-;/m1./s1. The molecule has 3 atom stereocenters. The Labute approximate surface area is 299 Å². The number of carbonyl (C=O) groups is 4. The van der Waals surface area contributed by atoms with Crippen molar-refractivity contribution < 1.29 is 68.9 Å². The van der Waals surface area contributed by atoms with Crippen LogP contribution in [0.15, 0.2) is 53.0 Å². The third-order valence-corrected chi connectivity index (χ3v) is 9.21. The number of aromatic hydroxyl groups is 2. The Morgan fingerprint density at radius 3 is 2.55 bits per heavy atom. The second-order valence-electron chi connectivity index (χ2n) is 10.5. The van der Waals surface area contributed by atoms with Gasteiger partial charge in [-0.3, -0.25) is 24.8 Å². The fourth-order valence-electron chi connectivity index (χ4n) is 4.90. The van der Waals surface area contributed by atoms with Crippen molar-refractivity contribution in [2.24, 2.45) is 5.73 Å². The number of nitrogens with zero attached hydrogens (tertiary/aromatic N) is 5. The summed E-state index contributed by atoms with van der Waals surface area (Å²) >= 11 is 2.47. The van der Waals surface area contributed by atoms with Gasteiger partial charge >= 0.3 is 35.6 Å². The largest absolute Gasteiger partial charge is 1.00 e. The van der Waals surface area contributed by atoms with Crippen LogP contribution in [0.4, 0.5) is 16.4 Å². The summed E-state index contributed by atoms with van der Waals surface area (Å²) in [5, 5.41) is 39.4. The van der Waals surface area contributed by atoms with Gasteiger partial charge in [0.25, 0.3) is 5.91 Å². The summed E-state index contributed by atoms with van der Waals surface area (Å²) in [4.78, 5) is 67.6. The summed E-state index contributed by atoms with van der Waals surface area (Å²) in [5.74, 6) is -3.40. The van der Waals surface area contributed by atoms with Crippen LogP contribution in [0.2, 0.25) is 0 Å². The number of hydroxylamine groups is 1. The van der Waals surface area contributed by atoms with Gasteiger partial charge in [-0.25, -0.2) is 9.78 Å². The number of benzene rings is 1. The van der Waals surface area contributed by atoms with Crippen molar-refractivity contribution >= 4 is 59.0 Å². The minimum Gasteiger partial charge on any atom is -0.543 e. The summed E-state index contributed by atoms with van der Waals surface area (Å²) in [6, 6.07) is 1.32. The van der Waals surface area contributed by atoms with Crippen molar-refractivity contribution in [1.82, 2.24) is 30.8 Å². The van der Waals surface area contributed by atoms with E-state index in [-0.39, 0.29) is 75.8 Å². The van der Waals surface area contributed by atoms with Crippen LogP contribution in [0.3, 0.4) is 0 Å². The number of hydrogen-bond acceptors (Lipinski definition) is 15. The summed E-state index contributed by atoms with van der Waals surface area (Å²) < 4.78 is 0. The first-order chi connectivity index (χ1) is 21.8. The number of primary amides is 1. The number of aromatic nitrogens is 2. The molecule has 244 valence electrons. The van der Waals surface area contributed by atoms with Crippen LogP contribution in [0, 0.1) is 0 Å². The number of carboxylic acid groups (broad SMARTS) is 1. The number of amides is 4. The van der Waals surface area contributed by atoms with Gasteiger partial charge in [-0.15, -0.1) is 11.8 Å². The fourth-order valence-corrected chi connectivity index (χ4v) is 7.23. The van der Waals surface area contributed by atoms with Crippen LogP contribution in [0.25, 0.3) is 0 Å². The van der Waals surface area contributed by atoms with Crippen molar-refractivity contribution in [1.29, 1.82) is 0 Å². The van der Waals surface area contributed by atoms with Crippen molar-refractivity contribution in [2.75, 3.05) is 28.8 Å². The number of aliphatic carboxylic acids is 1. The van der Waals surface area contributed by atoms with Crippen molar-refractivity contribution in [3.8, 4) is 11.6 Å². The third kappa shape index (κ3) is 7.65. The molecule has 7 N–H and O–H groups in total. The molecular weight excluding hydrogens is 665 g/mol. The zero-order valence-electron chi connectivity index (χ0n) is 25.7. The third-order valence-electron chi connectivity index (χ3n) is 6.90. The molecule has 20 heteroatoms. The number of fused-ring (bicyclic) bond motifs is 1. The van der Waals surface area contributed by atoms with E-state index in [4.69, 9.17) is 10.6 Å². The maximum atomic E-state index is 13.9. The Morgan fingerprint density at radius 1 is 1.28 bits per heavy atom. The number of carboxylic acids is 1. The van der Waals surface area contributed by atoms with Gasteiger partial charge in [0, 0.05) is 24.6 Å². The van der Waals surface area contributed by atoms with Crippen LogP contribution >= 0.6 is 23.5 Å². The van der Waals surface area contributed by atoms with E-state index in [0.717, 1.165) is 16.0 Å². The number of hydrazine groups is 1. The Hall–Kier alpha value is -3.88. The number of nitrogens with two attached hydrogens (primary N) is 1. The van der Waals surface area contributed by atoms with Gasteiger partial charge in [-0.2, -0.15) is 4.98 Å². The van der Waals surface area contributed by atoms with E-state index in [9.17, 15) is 34.5 Å². The number of carbonyl (C=O) groups excluding carboxylic acids is 4. The average Bonchev–Trinajstić information content (AvgIpc) is 3.42. The molecule has 1 aromatic heterocycles. The van der Waals surface area contributed by atoms with Gasteiger partial charge in [0.2, 0.25) is 22.8 Å². The number of anilines is 2. The molecule has 0 spiro atoms. The monoisotopic (exact) mass is 695 g/mol. The average molecular weight is 696 g/mol. The first-order valence-corrected chi connectivity index (χ1v) is 15.8. The van der Waals surface area contributed by atoms with Gasteiger partial charge in [-0.1, -0.05) is 29.1 Å². The molecule has 1 saturated heterocycles. The fraction of sp³-hybridized carbons (Fsp3) is 0.333. The molecule has 1 aromatic carbocycles. The zero-order chi connectivity index (χ0) is 33.3. The molecule has 4 heterocycles.